The molecule has 8 heavy (non-hydrogen) atoms. The first-order valence-electron chi connectivity index (χ1n) is 2.41. The van der Waals surface area contributed by atoms with Crippen molar-refractivity contribution in [2.45, 2.75) is 18.6 Å². The van der Waals surface area contributed by atoms with Gasteiger partial charge in [-0.3, -0.25) is 5.32 Å². The molecule has 0 bridgehead atoms. The zero-order valence-electron chi connectivity index (χ0n) is 4.14. The van der Waals surface area contributed by atoms with Gasteiger partial charge in [-0.25, -0.2) is 8.78 Å². The lowest BCUT2D eigenvalue weighted by molar-refractivity contribution is 0.0494. The number of halogens is 2. The molecule has 1 fully saturated rings. The lowest BCUT2D eigenvalue weighted by atomic mass is 10.3. The van der Waals surface area contributed by atoms with Crippen LogP contribution in [0.15, 0.2) is 0 Å². The molecule has 0 aliphatic carbocycles. The first-order valence-corrected chi connectivity index (χ1v) is 2.41. The predicted molar refractivity (Wildman–Crippen MR) is 23.8 cm³/mol. The van der Waals surface area contributed by atoms with E-state index in [9.17, 15) is 8.78 Å². The van der Waals surface area contributed by atoms with Gasteiger partial charge in [0.2, 0.25) is 0 Å². The highest BCUT2D eigenvalue weighted by atomic mass is 19.2. The van der Waals surface area contributed by atoms with E-state index in [4.69, 9.17) is 5.11 Å². The van der Waals surface area contributed by atoms with E-state index in [0.717, 1.165) is 0 Å². The van der Waals surface area contributed by atoms with Crippen molar-refractivity contribution in [2.75, 3.05) is 6.54 Å². The van der Waals surface area contributed by atoms with Crippen LogP contribution >= 0.6 is 0 Å². The molecule has 48 valence electrons. The van der Waals surface area contributed by atoms with Crippen LogP contribution in [0.4, 0.5) is 8.78 Å². The zero-order chi connectivity index (χ0) is 6.15. The van der Waals surface area contributed by atoms with Crippen LogP contribution < -0.4 is 5.32 Å². The maximum atomic E-state index is 12.0. The first-order chi connectivity index (χ1) is 3.72. The third-order valence-corrected chi connectivity index (χ3v) is 1.18. The minimum Gasteiger partial charge on any atom is -0.386 e. The zero-order valence-corrected chi connectivity index (χ0v) is 4.14. The number of hydrogen-bond acceptors (Lipinski definition) is 2. The average Bonchev–Trinajstić information content (AvgIpc) is 1.98. The Balaban J connectivity index is 2.44. The molecular formula is C4H7F2NO. The molecule has 0 radical (unpaired) electrons. The Morgan fingerprint density at radius 3 is 2.25 bits per heavy atom. The van der Waals surface area contributed by atoms with Crippen molar-refractivity contribution in [3.8, 4) is 0 Å². The molecular weight excluding hydrogens is 116 g/mol. The largest absolute Gasteiger partial charge is 0.386 e. The van der Waals surface area contributed by atoms with Crippen LogP contribution in [0.5, 0.6) is 0 Å². The van der Waals surface area contributed by atoms with Crippen LogP contribution in [0.3, 0.4) is 0 Å². The number of hydrogen-bond donors (Lipinski definition) is 2. The Morgan fingerprint density at radius 2 is 2.12 bits per heavy atom. The molecule has 1 rings (SSSR count). The van der Waals surface area contributed by atoms with Crippen molar-refractivity contribution in [3.05, 3.63) is 0 Å². The second-order valence-electron chi connectivity index (χ2n) is 1.82. The lowest BCUT2D eigenvalue weighted by Crippen LogP contribution is -2.26. The van der Waals surface area contributed by atoms with E-state index in [0.29, 0.717) is 0 Å². The summed E-state index contributed by atoms with van der Waals surface area (Å²) in [4.78, 5) is 0. The van der Waals surface area contributed by atoms with Crippen LogP contribution in [-0.4, -0.2) is 30.2 Å². The maximum absolute atomic E-state index is 12.0. The molecule has 0 aromatic rings. The van der Waals surface area contributed by atoms with Crippen molar-refractivity contribution in [1.82, 2.24) is 5.32 Å². The van der Waals surface area contributed by atoms with E-state index in [1.54, 1.807) is 0 Å². The van der Waals surface area contributed by atoms with E-state index >= 15 is 0 Å². The fourth-order valence-electron chi connectivity index (χ4n) is 0.650. The minimum atomic E-state index is -1.58. The van der Waals surface area contributed by atoms with E-state index in [-0.39, 0.29) is 6.54 Å². The van der Waals surface area contributed by atoms with Gasteiger partial charge in [-0.1, -0.05) is 0 Å². The van der Waals surface area contributed by atoms with Gasteiger partial charge in [0.25, 0.3) is 0 Å². The van der Waals surface area contributed by atoms with Gasteiger partial charge in [0.15, 0.2) is 6.30 Å². The van der Waals surface area contributed by atoms with E-state index in [2.05, 4.69) is 5.32 Å². The summed E-state index contributed by atoms with van der Waals surface area (Å²) in [6.45, 7) is -0.0810. The highest BCUT2D eigenvalue weighted by molar-refractivity contribution is 4.83. The molecule has 0 aromatic heterocycles. The smallest absolute Gasteiger partial charge is 0.180 e. The summed E-state index contributed by atoms with van der Waals surface area (Å²) < 4.78 is 24.0. The van der Waals surface area contributed by atoms with Crippen molar-refractivity contribution < 1.29 is 13.9 Å². The van der Waals surface area contributed by atoms with Crippen LogP contribution in [0.25, 0.3) is 0 Å². The topological polar surface area (TPSA) is 32.3 Å². The molecule has 1 aliphatic rings. The van der Waals surface area contributed by atoms with Gasteiger partial charge in [-0.2, -0.15) is 0 Å². The van der Waals surface area contributed by atoms with Gasteiger partial charge in [-0.05, 0) is 0 Å². The summed E-state index contributed by atoms with van der Waals surface area (Å²) in [6, 6.07) is 0. The van der Waals surface area contributed by atoms with Crippen molar-refractivity contribution in [3.63, 3.8) is 0 Å². The quantitative estimate of drug-likeness (QED) is 0.429. The Bertz CT molecular complexity index is 80.1. The molecule has 2 nitrogen and oxygen atoms in total. The second kappa shape index (κ2) is 1.95. The van der Waals surface area contributed by atoms with Crippen LogP contribution in [0.2, 0.25) is 0 Å². The van der Waals surface area contributed by atoms with Crippen LogP contribution in [0.1, 0.15) is 0 Å². The molecule has 3 atom stereocenters. The first kappa shape index (κ1) is 5.91. The number of aliphatic hydroxyl groups excluding tert-OH is 1. The van der Waals surface area contributed by atoms with Gasteiger partial charge in [-0.15, -0.1) is 0 Å². The van der Waals surface area contributed by atoms with Gasteiger partial charge < -0.3 is 5.11 Å². The summed E-state index contributed by atoms with van der Waals surface area (Å²) >= 11 is 0. The summed E-state index contributed by atoms with van der Waals surface area (Å²) in [5.41, 5.74) is 0. The average molecular weight is 123 g/mol. The molecule has 0 aromatic carbocycles. The van der Waals surface area contributed by atoms with E-state index in [1.807, 2.05) is 0 Å². The molecule has 0 saturated carbocycles. The fourth-order valence-corrected chi connectivity index (χ4v) is 0.650. The Kier molecular flexibility index (Phi) is 1.44. The Labute approximate surface area is 45.5 Å². The molecule has 1 aliphatic heterocycles. The monoisotopic (exact) mass is 123 g/mol. The normalized spacial score (nSPS) is 47.6. The SMILES string of the molecule is OC1C(F)CNC1F. The highest BCUT2D eigenvalue weighted by Crippen LogP contribution is 2.10. The van der Waals surface area contributed by atoms with Crippen LogP contribution in [-0.2, 0) is 0 Å². The van der Waals surface area contributed by atoms with Crippen molar-refractivity contribution in [1.29, 1.82) is 0 Å². The van der Waals surface area contributed by atoms with Crippen molar-refractivity contribution in [2.24, 2.45) is 0 Å². The number of alkyl halides is 2. The van der Waals surface area contributed by atoms with Gasteiger partial charge >= 0.3 is 0 Å². The summed E-state index contributed by atoms with van der Waals surface area (Å²) in [5, 5.41) is 10.6. The Morgan fingerprint density at radius 1 is 1.50 bits per heavy atom. The Hall–Kier alpha value is -0.220. The third-order valence-electron chi connectivity index (χ3n) is 1.18. The minimum absolute atomic E-state index is 0.0810. The van der Waals surface area contributed by atoms with Gasteiger partial charge in [0, 0.05) is 6.54 Å². The number of aliphatic hydroxyl groups is 1. The lowest BCUT2D eigenvalue weighted by Gasteiger charge is -2.03. The molecule has 2 N–H and O–H groups in total. The van der Waals surface area contributed by atoms with Crippen LogP contribution in [0, 0.1) is 0 Å². The summed E-state index contributed by atoms with van der Waals surface area (Å²) in [5.74, 6) is 0. The van der Waals surface area contributed by atoms with Crippen molar-refractivity contribution >= 4 is 0 Å². The van der Waals surface area contributed by atoms with E-state index < -0.39 is 18.6 Å². The summed E-state index contributed by atoms with van der Waals surface area (Å²) in [7, 11) is 0. The third kappa shape index (κ3) is 0.809. The molecule has 4 heteroatoms. The fraction of sp³-hybridized carbons (Fsp3) is 1.00. The second-order valence-corrected chi connectivity index (χ2v) is 1.82. The highest BCUT2D eigenvalue weighted by Gasteiger charge is 2.34. The molecule has 3 unspecified atom stereocenters. The molecule has 0 spiro atoms. The molecule has 1 heterocycles. The molecule has 0 amide bonds. The van der Waals surface area contributed by atoms with E-state index in [1.165, 1.54) is 0 Å². The number of nitrogens with one attached hydrogen (secondary N) is 1. The maximum Gasteiger partial charge on any atom is 0.180 e. The predicted octanol–water partition coefficient (Wildman–Crippen LogP) is -0.416. The van der Waals surface area contributed by atoms with Gasteiger partial charge in [0.05, 0.1) is 0 Å². The summed E-state index contributed by atoms with van der Waals surface area (Å²) in [6.07, 6.45) is -4.48. The standard InChI is InChI=1S/C4H7F2NO/c5-2-1-7-4(6)3(2)8/h2-4,7-8H,1H2. The van der Waals surface area contributed by atoms with Gasteiger partial charge in [0.1, 0.15) is 12.3 Å². The molecule has 1 saturated heterocycles. The number of rotatable bonds is 0.